The molecule has 0 radical (unpaired) electrons. The van der Waals surface area contributed by atoms with Crippen LogP contribution in [0.3, 0.4) is 0 Å². The van der Waals surface area contributed by atoms with E-state index in [-0.39, 0.29) is 5.91 Å². The van der Waals surface area contributed by atoms with Gasteiger partial charge in [0, 0.05) is 19.1 Å². The third kappa shape index (κ3) is 1.57. The first-order chi connectivity index (χ1) is 5.38. The normalized spacial score (nSPS) is 26.5. The van der Waals surface area contributed by atoms with Gasteiger partial charge in [0.15, 0.2) is 0 Å². The maximum atomic E-state index is 10.7. The SMILES string of the molecule is CO.O=C1C[C@H]2SCC=CN12. The average Bonchev–Trinajstić information content (AvgIpc) is 2.07. The molecule has 2 heterocycles. The van der Waals surface area contributed by atoms with Crippen molar-refractivity contribution in [2.45, 2.75) is 11.8 Å². The number of thioether (sulfide) groups is 1. The van der Waals surface area contributed by atoms with E-state index in [1.54, 1.807) is 4.90 Å². The molecular weight excluding hydrogens is 162 g/mol. The van der Waals surface area contributed by atoms with E-state index < -0.39 is 0 Å². The van der Waals surface area contributed by atoms with Gasteiger partial charge in [-0.1, -0.05) is 6.08 Å². The van der Waals surface area contributed by atoms with Crippen molar-refractivity contribution in [1.82, 2.24) is 4.90 Å². The Balaban J connectivity index is 0.000000281. The summed E-state index contributed by atoms with van der Waals surface area (Å²) in [5, 5.41) is 7.47. The highest BCUT2D eigenvalue weighted by Crippen LogP contribution is 2.32. The van der Waals surface area contributed by atoms with Gasteiger partial charge in [-0.05, 0) is 0 Å². The summed E-state index contributed by atoms with van der Waals surface area (Å²) in [6, 6.07) is 0. The minimum atomic E-state index is 0.267. The molecule has 1 N–H and O–H groups in total. The second-order valence-electron chi connectivity index (χ2n) is 2.18. The van der Waals surface area contributed by atoms with Crippen LogP contribution < -0.4 is 0 Å². The van der Waals surface area contributed by atoms with Gasteiger partial charge in [-0.25, -0.2) is 0 Å². The number of fused-ring (bicyclic) bond motifs is 1. The number of nitrogens with zero attached hydrogens (tertiary/aromatic N) is 1. The number of β-lactam (4-membered cyclic amide) rings is 1. The third-order valence-corrected chi connectivity index (χ3v) is 2.76. The Morgan fingerprint density at radius 1 is 1.73 bits per heavy atom. The highest BCUT2D eigenvalue weighted by molar-refractivity contribution is 8.00. The first-order valence-electron chi connectivity index (χ1n) is 3.42. The molecule has 62 valence electrons. The van der Waals surface area contributed by atoms with Crippen molar-refractivity contribution >= 4 is 17.7 Å². The largest absolute Gasteiger partial charge is 0.400 e. The zero-order valence-corrected chi connectivity index (χ0v) is 7.17. The average molecular weight is 173 g/mol. The second-order valence-corrected chi connectivity index (χ2v) is 3.39. The van der Waals surface area contributed by atoms with Crippen LogP contribution in [0.15, 0.2) is 12.3 Å². The van der Waals surface area contributed by atoms with E-state index in [9.17, 15) is 4.79 Å². The van der Waals surface area contributed by atoms with Crippen LogP contribution in [0.2, 0.25) is 0 Å². The molecule has 2 rings (SSSR count). The summed E-state index contributed by atoms with van der Waals surface area (Å²) in [4.78, 5) is 12.5. The molecular formula is C7H11NO2S. The van der Waals surface area contributed by atoms with Crippen molar-refractivity contribution in [2.24, 2.45) is 0 Å². The first kappa shape index (κ1) is 8.62. The molecule has 0 aromatic carbocycles. The number of aliphatic hydroxyl groups is 1. The number of aliphatic hydroxyl groups excluding tert-OH is 1. The number of amides is 1. The number of hydrogen-bond acceptors (Lipinski definition) is 3. The molecule has 0 bridgehead atoms. The fourth-order valence-electron chi connectivity index (χ4n) is 1.04. The van der Waals surface area contributed by atoms with Gasteiger partial charge >= 0.3 is 0 Å². The summed E-state index contributed by atoms with van der Waals surface area (Å²) < 4.78 is 0. The monoisotopic (exact) mass is 173 g/mol. The summed E-state index contributed by atoms with van der Waals surface area (Å²) in [7, 11) is 1.00. The number of carbonyl (C=O) groups is 1. The molecule has 1 saturated heterocycles. The lowest BCUT2D eigenvalue weighted by atomic mass is 10.2. The summed E-state index contributed by atoms with van der Waals surface area (Å²) in [6.45, 7) is 0. The quantitative estimate of drug-likeness (QED) is 0.539. The topological polar surface area (TPSA) is 40.5 Å². The molecule has 0 aromatic heterocycles. The predicted molar refractivity (Wildman–Crippen MR) is 45.0 cm³/mol. The fourth-order valence-corrected chi connectivity index (χ4v) is 2.07. The highest BCUT2D eigenvalue weighted by atomic mass is 32.2. The Labute approximate surface area is 70.1 Å². The molecule has 0 aromatic rings. The van der Waals surface area contributed by atoms with E-state index in [1.165, 1.54) is 0 Å². The van der Waals surface area contributed by atoms with Crippen LogP contribution in [-0.2, 0) is 4.79 Å². The molecule has 0 unspecified atom stereocenters. The Bertz CT molecular complexity index is 181. The molecule has 1 fully saturated rings. The first-order valence-corrected chi connectivity index (χ1v) is 4.47. The Morgan fingerprint density at radius 3 is 2.91 bits per heavy atom. The highest BCUT2D eigenvalue weighted by Gasteiger charge is 2.35. The third-order valence-electron chi connectivity index (χ3n) is 1.60. The van der Waals surface area contributed by atoms with Crippen molar-refractivity contribution < 1.29 is 9.90 Å². The molecule has 4 heteroatoms. The summed E-state index contributed by atoms with van der Waals surface area (Å²) >= 11 is 1.84. The lowest BCUT2D eigenvalue weighted by molar-refractivity contribution is -0.137. The van der Waals surface area contributed by atoms with Gasteiger partial charge in [-0.3, -0.25) is 4.79 Å². The van der Waals surface area contributed by atoms with E-state index in [2.05, 4.69) is 0 Å². The van der Waals surface area contributed by atoms with Crippen LogP contribution in [0, 0.1) is 0 Å². The van der Waals surface area contributed by atoms with E-state index >= 15 is 0 Å². The standard InChI is InChI=1S/C6H7NOS.CH4O/c8-5-4-6-7(5)2-1-3-9-6;1-2/h1-2,6H,3-4H2;2H,1H3/t6-;/m1./s1. The maximum absolute atomic E-state index is 10.7. The van der Waals surface area contributed by atoms with Gasteiger partial charge in [0.2, 0.25) is 5.91 Å². The molecule has 1 atom stereocenters. The van der Waals surface area contributed by atoms with Gasteiger partial charge in [0.1, 0.15) is 0 Å². The van der Waals surface area contributed by atoms with Gasteiger partial charge in [-0.2, -0.15) is 0 Å². The lowest BCUT2D eigenvalue weighted by Gasteiger charge is -2.39. The Morgan fingerprint density at radius 2 is 2.45 bits per heavy atom. The molecule has 2 aliphatic heterocycles. The van der Waals surface area contributed by atoms with Gasteiger partial charge in [0.05, 0.1) is 11.8 Å². The van der Waals surface area contributed by atoms with Crippen LogP contribution in [0.5, 0.6) is 0 Å². The van der Waals surface area contributed by atoms with Gasteiger partial charge in [0.25, 0.3) is 0 Å². The fraction of sp³-hybridized carbons (Fsp3) is 0.571. The van der Waals surface area contributed by atoms with Crippen molar-refractivity contribution in [2.75, 3.05) is 12.9 Å². The smallest absolute Gasteiger partial charge is 0.230 e. The number of hydrogen-bond donors (Lipinski definition) is 1. The Hall–Kier alpha value is -0.480. The predicted octanol–water partition coefficient (Wildman–Crippen LogP) is 0.414. The summed E-state index contributed by atoms with van der Waals surface area (Å²) in [5.41, 5.74) is 0. The van der Waals surface area contributed by atoms with Gasteiger partial charge in [-0.15, -0.1) is 11.8 Å². The molecule has 1 amide bonds. The molecule has 0 saturated carbocycles. The minimum absolute atomic E-state index is 0.267. The van der Waals surface area contributed by atoms with E-state index in [1.807, 2.05) is 24.0 Å². The molecule has 11 heavy (non-hydrogen) atoms. The zero-order chi connectivity index (χ0) is 8.27. The minimum Gasteiger partial charge on any atom is -0.400 e. The maximum Gasteiger partial charge on any atom is 0.230 e. The van der Waals surface area contributed by atoms with Crippen LogP contribution in [-0.4, -0.2) is 34.2 Å². The van der Waals surface area contributed by atoms with Gasteiger partial charge < -0.3 is 10.0 Å². The van der Waals surface area contributed by atoms with Crippen molar-refractivity contribution in [3.05, 3.63) is 12.3 Å². The molecule has 3 nitrogen and oxygen atoms in total. The number of rotatable bonds is 0. The molecule has 0 spiro atoms. The van der Waals surface area contributed by atoms with Crippen LogP contribution >= 0.6 is 11.8 Å². The van der Waals surface area contributed by atoms with E-state index in [0.29, 0.717) is 5.37 Å². The van der Waals surface area contributed by atoms with E-state index in [0.717, 1.165) is 19.3 Å². The summed E-state index contributed by atoms with van der Waals surface area (Å²) in [5.74, 6) is 1.33. The number of carbonyl (C=O) groups excluding carboxylic acids is 1. The van der Waals surface area contributed by atoms with Crippen molar-refractivity contribution in [3.63, 3.8) is 0 Å². The lowest BCUT2D eigenvalue weighted by Crippen LogP contribution is -2.48. The van der Waals surface area contributed by atoms with Crippen LogP contribution in [0.4, 0.5) is 0 Å². The van der Waals surface area contributed by atoms with E-state index in [4.69, 9.17) is 5.11 Å². The Kier molecular flexibility index (Phi) is 2.96. The summed E-state index contributed by atoms with van der Waals surface area (Å²) in [6.07, 6.45) is 4.67. The van der Waals surface area contributed by atoms with Crippen molar-refractivity contribution in [1.29, 1.82) is 0 Å². The van der Waals surface area contributed by atoms with Crippen LogP contribution in [0.1, 0.15) is 6.42 Å². The van der Waals surface area contributed by atoms with Crippen molar-refractivity contribution in [3.8, 4) is 0 Å². The molecule has 2 aliphatic rings. The molecule has 0 aliphatic carbocycles. The van der Waals surface area contributed by atoms with Crippen LogP contribution in [0.25, 0.3) is 0 Å². The zero-order valence-electron chi connectivity index (χ0n) is 6.36. The second kappa shape index (κ2) is 3.78.